The summed E-state index contributed by atoms with van der Waals surface area (Å²) in [6, 6.07) is 4.10. The maximum absolute atomic E-state index is 11.5. The summed E-state index contributed by atoms with van der Waals surface area (Å²) in [6.07, 6.45) is 5.29. The van der Waals surface area contributed by atoms with Gasteiger partial charge in [-0.25, -0.2) is 4.68 Å². The lowest BCUT2D eigenvalue weighted by molar-refractivity contribution is 0.0957. The van der Waals surface area contributed by atoms with E-state index in [-0.39, 0.29) is 5.91 Å². The van der Waals surface area contributed by atoms with Gasteiger partial charge in [0, 0.05) is 32.0 Å². The molecule has 2 N–H and O–H groups in total. The van der Waals surface area contributed by atoms with E-state index in [1.165, 1.54) is 0 Å². The molecule has 20 heavy (non-hydrogen) atoms. The van der Waals surface area contributed by atoms with E-state index in [0.717, 1.165) is 17.8 Å². The first-order valence-electron chi connectivity index (χ1n) is 6.55. The van der Waals surface area contributed by atoms with Crippen LogP contribution in [-0.4, -0.2) is 33.8 Å². The zero-order chi connectivity index (χ0) is 14.5. The van der Waals surface area contributed by atoms with Crippen molar-refractivity contribution in [1.29, 1.82) is 0 Å². The first-order chi connectivity index (χ1) is 9.60. The van der Waals surface area contributed by atoms with Gasteiger partial charge in [0.1, 0.15) is 0 Å². The van der Waals surface area contributed by atoms with Crippen LogP contribution in [0.2, 0.25) is 0 Å². The van der Waals surface area contributed by atoms with Crippen LogP contribution >= 0.6 is 0 Å². The fourth-order valence-electron chi connectivity index (χ4n) is 1.73. The Kier molecular flexibility index (Phi) is 4.47. The summed E-state index contributed by atoms with van der Waals surface area (Å²) in [5.74, 6) is -0.200. The standard InChI is InChI=1S/C14H19N5O/c1-10(2)17-8-11-6-12(9-16-7-11)19-5-4-13(18-19)14(20)15-3/h4-7,9-10,17H,8H2,1-3H3,(H,15,20). The molecular weight excluding hydrogens is 254 g/mol. The Hall–Kier alpha value is -2.21. The molecule has 0 spiro atoms. The summed E-state index contributed by atoms with van der Waals surface area (Å²) in [6.45, 7) is 4.95. The lowest BCUT2D eigenvalue weighted by Crippen LogP contribution is -2.22. The minimum absolute atomic E-state index is 0.200. The topological polar surface area (TPSA) is 71.8 Å². The van der Waals surface area contributed by atoms with Gasteiger partial charge in [-0.3, -0.25) is 9.78 Å². The van der Waals surface area contributed by atoms with E-state index in [4.69, 9.17) is 0 Å². The highest BCUT2D eigenvalue weighted by Crippen LogP contribution is 2.09. The zero-order valence-electron chi connectivity index (χ0n) is 11.9. The average molecular weight is 273 g/mol. The molecule has 0 radical (unpaired) electrons. The molecule has 0 unspecified atom stereocenters. The number of rotatable bonds is 5. The smallest absolute Gasteiger partial charge is 0.271 e. The van der Waals surface area contributed by atoms with Crippen molar-refractivity contribution in [1.82, 2.24) is 25.4 Å². The molecule has 2 aromatic heterocycles. The van der Waals surface area contributed by atoms with Gasteiger partial charge in [-0.1, -0.05) is 13.8 Å². The number of carbonyl (C=O) groups is 1. The van der Waals surface area contributed by atoms with E-state index < -0.39 is 0 Å². The maximum Gasteiger partial charge on any atom is 0.271 e. The van der Waals surface area contributed by atoms with E-state index in [0.29, 0.717) is 11.7 Å². The highest BCUT2D eigenvalue weighted by molar-refractivity contribution is 5.91. The number of nitrogens with one attached hydrogen (secondary N) is 2. The van der Waals surface area contributed by atoms with Gasteiger partial charge in [0.2, 0.25) is 0 Å². The second-order valence-electron chi connectivity index (χ2n) is 4.81. The van der Waals surface area contributed by atoms with Crippen molar-refractivity contribution in [3.8, 4) is 5.69 Å². The molecule has 6 nitrogen and oxygen atoms in total. The third kappa shape index (κ3) is 3.42. The zero-order valence-corrected chi connectivity index (χ0v) is 11.9. The number of amides is 1. The number of aromatic nitrogens is 3. The summed E-state index contributed by atoms with van der Waals surface area (Å²) < 4.78 is 1.65. The fraction of sp³-hybridized carbons (Fsp3) is 0.357. The number of hydrogen-bond donors (Lipinski definition) is 2. The van der Waals surface area contributed by atoms with Crippen LogP contribution in [0.3, 0.4) is 0 Å². The van der Waals surface area contributed by atoms with Crippen LogP contribution < -0.4 is 10.6 Å². The molecule has 2 aromatic rings. The molecule has 0 aliphatic carbocycles. The summed E-state index contributed by atoms with van der Waals surface area (Å²) in [5, 5.41) is 10.1. The maximum atomic E-state index is 11.5. The molecule has 0 saturated carbocycles. The predicted molar refractivity (Wildman–Crippen MR) is 76.7 cm³/mol. The monoisotopic (exact) mass is 273 g/mol. The van der Waals surface area contributed by atoms with Crippen LogP contribution in [-0.2, 0) is 6.54 Å². The van der Waals surface area contributed by atoms with Crippen LogP contribution in [0.4, 0.5) is 0 Å². The van der Waals surface area contributed by atoms with Crippen molar-refractivity contribution in [2.45, 2.75) is 26.4 Å². The molecular formula is C14H19N5O. The van der Waals surface area contributed by atoms with Gasteiger partial charge in [0.25, 0.3) is 5.91 Å². The van der Waals surface area contributed by atoms with Crippen molar-refractivity contribution in [3.05, 3.63) is 42.0 Å². The highest BCUT2D eigenvalue weighted by Gasteiger charge is 2.08. The molecule has 0 saturated heterocycles. The molecule has 0 aromatic carbocycles. The predicted octanol–water partition coefficient (Wildman–Crippen LogP) is 1.12. The van der Waals surface area contributed by atoms with Crippen LogP contribution in [0.25, 0.3) is 5.69 Å². The minimum atomic E-state index is -0.200. The van der Waals surface area contributed by atoms with Crippen LogP contribution in [0.1, 0.15) is 29.9 Å². The Morgan fingerprint density at radius 1 is 1.40 bits per heavy atom. The van der Waals surface area contributed by atoms with Crippen LogP contribution in [0.15, 0.2) is 30.7 Å². The van der Waals surface area contributed by atoms with Crippen molar-refractivity contribution in [2.24, 2.45) is 0 Å². The first-order valence-corrected chi connectivity index (χ1v) is 6.55. The number of hydrogen-bond acceptors (Lipinski definition) is 4. The number of carbonyl (C=O) groups excluding carboxylic acids is 1. The Morgan fingerprint density at radius 3 is 2.90 bits per heavy atom. The van der Waals surface area contributed by atoms with E-state index in [2.05, 4.69) is 34.6 Å². The normalized spacial score (nSPS) is 10.8. The van der Waals surface area contributed by atoms with Gasteiger partial charge in [-0.15, -0.1) is 0 Å². The van der Waals surface area contributed by atoms with E-state index in [9.17, 15) is 4.79 Å². The first kappa shape index (κ1) is 14.2. The summed E-state index contributed by atoms with van der Waals surface area (Å²) >= 11 is 0. The van der Waals surface area contributed by atoms with Gasteiger partial charge >= 0.3 is 0 Å². The Balaban J connectivity index is 2.18. The SMILES string of the molecule is CNC(=O)c1ccn(-c2cncc(CNC(C)C)c2)n1. The second-order valence-corrected chi connectivity index (χ2v) is 4.81. The third-order valence-electron chi connectivity index (χ3n) is 2.81. The number of nitrogens with zero attached hydrogens (tertiary/aromatic N) is 3. The molecule has 1 amide bonds. The minimum Gasteiger partial charge on any atom is -0.354 e. The fourth-order valence-corrected chi connectivity index (χ4v) is 1.73. The molecule has 2 heterocycles. The molecule has 0 aliphatic rings. The molecule has 0 bridgehead atoms. The molecule has 0 aliphatic heterocycles. The average Bonchev–Trinajstić information content (AvgIpc) is 2.94. The Morgan fingerprint density at radius 2 is 2.20 bits per heavy atom. The van der Waals surface area contributed by atoms with Crippen molar-refractivity contribution < 1.29 is 4.79 Å². The largest absolute Gasteiger partial charge is 0.354 e. The number of pyridine rings is 1. The molecule has 2 rings (SSSR count). The lowest BCUT2D eigenvalue weighted by Gasteiger charge is -2.09. The molecule has 0 atom stereocenters. The van der Waals surface area contributed by atoms with Crippen LogP contribution in [0.5, 0.6) is 0 Å². The van der Waals surface area contributed by atoms with Gasteiger partial charge in [-0.2, -0.15) is 5.10 Å². The third-order valence-corrected chi connectivity index (χ3v) is 2.81. The summed E-state index contributed by atoms with van der Waals surface area (Å²) in [4.78, 5) is 15.7. The molecule has 0 fully saturated rings. The van der Waals surface area contributed by atoms with Crippen molar-refractivity contribution in [2.75, 3.05) is 7.05 Å². The van der Waals surface area contributed by atoms with Crippen LogP contribution in [0, 0.1) is 0 Å². The molecule has 106 valence electrons. The summed E-state index contributed by atoms with van der Waals surface area (Å²) in [7, 11) is 1.58. The van der Waals surface area contributed by atoms with E-state index in [1.54, 1.807) is 30.2 Å². The quantitative estimate of drug-likeness (QED) is 0.856. The second kappa shape index (κ2) is 6.29. The van der Waals surface area contributed by atoms with Gasteiger partial charge in [0.05, 0.1) is 11.9 Å². The van der Waals surface area contributed by atoms with Gasteiger partial charge < -0.3 is 10.6 Å². The van der Waals surface area contributed by atoms with Gasteiger partial charge in [-0.05, 0) is 17.7 Å². The Bertz CT molecular complexity index is 591. The lowest BCUT2D eigenvalue weighted by atomic mass is 10.2. The van der Waals surface area contributed by atoms with E-state index >= 15 is 0 Å². The van der Waals surface area contributed by atoms with Crippen molar-refractivity contribution >= 4 is 5.91 Å². The van der Waals surface area contributed by atoms with Gasteiger partial charge in [0.15, 0.2) is 5.69 Å². The summed E-state index contributed by atoms with van der Waals surface area (Å²) in [5.41, 5.74) is 2.30. The molecule has 6 heteroatoms. The highest BCUT2D eigenvalue weighted by atomic mass is 16.1. The Labute approximate surface area is 118 Å². The van der Waals surface area contributed by atoms with Crippen molar-refractivity contribution in [3.63, 3.8) is 0 Å². The van der Waals surface area contributed by atoms with E-state index in [1.807, 2.05) is 12.3 Å².